The van der Waals surface area contributed by atoms with Crippen molar-refractivity contribution in [3.8, 4) is 5.75 Å². The number of hydrogen-bond acceptors (Lipinski definition) is 4. The minimum Gasteiger partial charge on any atom is -0.488 e. The van der Waals surface area contributed by atoms with E-state index < -0.39 is 5.91 Å². The molecule has 6 heteroatoms. The average molecular weight is 451 g/mol. The van der Waals surface area contributed by atoms with Crippen LogP contribution in [0.2, 0.25) is 0 Å². The molecule has 3 rings (SSSR count). The zero-order valence-corrected chi connectivity index (χ0v) is 19.1. The molecule has 176 valence electrons. The summed E-state index contributed by atoms with van der Waals surface area (Å²) in [5.41, 5.74) is 2.23. The Morgan fingerprint density at radius 1 is 1.12 bits per heavy atom. The van der Waals surface area contributed by atoms with E-state index in [9.17, 15) is 9.59 Å². The zero-order chi connectivity index (χ0) is 23.3. The highest BCUT2D eigenvalue weighted by molar-refractivity contribution is 5.94. The first-order valence-electron chi connectivity index (χ1n) is 11.8. The van der Waals surface area contributed by atoms with E-state index in [-0.39, 0.29) is 18.9 Å². The highest BCUT2D eigenvalue weighted by Crippen LogP contribution is 2.25. The highest BCUT2D eigenvalue weighted by Gasteiger charge is 2.13. The summed E-state index contributed by atoms with van der Waals surface area (Å²) in [7, 11) is 0. The van der Waals surface area contributed by atoms with Crippen molar-refractivity contribution in [1.82, 2.24) is 10.8 Å². The van der Waals surface area contributed by atoms with Gasteiger partial charge in [-0.15, -0.1) is 0 Å². The zero-order valence-electron chi connectivity index (χ0n) is 19.1. The quantitative estimate of drug-likeness (QED) is 0.138. The summed E-state index contributed by atoms with van der Waals surface area (Å²) in [5.74, 6) is 0.783. The Bertz CT molecular complexity index is 978. The van der Waals surface area contributed by atoms with Gasteiger partial charge in [-0.1, -0.05) is 54.6 Å². The maximum absolute atomic E-state index is 12.9. The van der Waals surface area contributed by atoms with Gasteiger partial charge in [-0.05, 0) is 62.3 Å². The molecular formula is C27H34N2O4. The fourth-order valence-corrected chi connectivity index (χ4v) is 4.06. The Morgan fingerprint density at radius 2 is 1.97 bits per heavy atom. The van der Waals surface area contributed by atoms with Crippen molar-refractivity contribution >= 4 is 22.6 Å². The number of rotatable bonds is 12. The van der Waals surface area contributed by atoms with Gasteiger partial charge < -0.3 is 10.1 Å². The molecule has 1 unspecified atom stereocenters. The van der Waals surface area contributed by atoms with Gasteiger partial charge in [0.15, 0.2) is 0 Å². The fourth-order valence-electron chi connectivity index (χ4n) is 4.06. The smallest absolute Gasteiger partial charge is 0.250 e. The maximum atomic E-state index is 12.9. The molecule has 0 spiro atoms. The highest BCUT2D eigenvalue weighted by atomic mass is 16.5. The maximum Gasteiger partial charge on any atom is 0.250 e. The predicted molar refractivity (Wildman–Crippen MR) is 130 cm³/mol. The Balaban J connectivity index is 1.59. The molecule has 2 aromatic rings. The second-order valence-corrected chi connectivity index (χ2v) is 8.44. The van der Waals surface area contributed by atoms with Gasteiger partial charge in [0, 0.05) is 18.4 Å². The second kappa shape index (κ2) is 13.4. The number of allylic oxidation sites excluding steroid dienone is 3. The normalized spacial score (nSPS) is 15.9. The molecule has 0 radical (unpaired) electrons. The lowest BCUT2D eigenvalue weighted by Gasteiger charge is -2.17. The molecule has 2 amide bonds. The van der Waals surface area contributed by atoms with E-state index in [0.29, 0.717) is 30.9 Å². The Morgan fingerprint density at radius 3 is 2.79 bits per heavy atom. The molecule has 6 nitrogen and oxygen atoms in total. The third-order valence-electron chi connectivity index (χ3n) is 5.95. The first-order chi connectivity index (χ1) is 16.2. The van der Waals surface area contributed by atoms with Crippen molar-refractivity contribution in [2.24, 2.45) is 5.92 Å². The predicted octanol–water partition coefficient (Wildman–Crippen LogP) is 5.07. The van der Waals surface area contributed by atoms with Gasteiger partial charge in [0.05, 0.1) is 5.57 Å². The molecule has 1 aliphatic rings. The Labute approximate surface area is 195 Å². The minimum atomic E-state index is -0.395. The van der Waals surface area contributed by atoms with Crippen molar-refractivity contribution < 1.29 is 19.5 Å². The second-order valence-electron chi connectivity index (χ2n) is 8.44. The van der Waals surface area contributed by atoms with Gasteiger partial charge in [0.2, 0.25) is 11.8 Å². The molecule has 0 saturated heterocycles. The molecule has 0 heterocycles. The van der Waals surface area contributed by atoms with E-state index in [0.717, 1.165) is 35.8 Å². The molecular weight excluding hydrogens is 416 g/mol. The van der Waals surface area contributed by atoms with Crippen molar-refractivity contribution in [3.05, 3.63) is 66.3 Å². The van der Waals surface area contributed by atoms with Gasteiger partial charge in [-0.25, -0.2) is 5.48 Å². The molecule has 0 aromatic heterocycles. The number of ether oxygens (including phenoxy) is 1. The molecule has 0 bridgehead atoms. The van der Waals surface area contributed by atoms with E-state index in [1.165, 1.54) is 12.8 Å². The van der Waals surface area contributed by atoms with Crippen LogP contribution in [-0.2, 0) is 9.59 Å². The lowest BCUT2D eigenvalue weighted by atomic mass is 9.93. The van der Waals surface area contributed by atoms with Gasteiger partial charge in [0.1, 0.15) is 12.4 Å². The minimum absolute atomic E-state index is 0.108. The number of hydroxylamine groups is 1. The van der Waals surface area contributed by atoms with Crippen molar-refractivity contribution in [1.29, 1.82) is 0 Å². The van der Waals surface area contributed by atoms with Gasteiger partial charge in [0.25, 0.3) is 0 Å². The van der Waals surface area contributed by atoms with Crippen LogP contribution in [0.25, 0.3) is 10.8 Å². The number of benzene rings is 2. The molecule has 2 aromatic carbocycles. The van der Waals surface area contributed by atoms with Crippen LogP contribution in [0.15, 0.2) is 66.3 Å². The number of carbonyl (C=O) groups excluding carboxylic acids is 2. The molecule has 0 aliphatic heterocycles. The van der Waals surface area contributed by atoms with Crippen LogP contribution in [0.5, 0.6) is 5.75 Å². The Kier molecular flexibility index (Phi) is 9.98. The third-order valence-corrected chi connectivity index (χ3v) is 5.95. The van der Waals surface area contributed by atoms with Crippen LogP contribution in [0.1, 0.15) is 51.4 Å². The van der Waals surface area contributed by atoms with E-state index in [1.54, 1.807) is 5.48 Å². The summed E-state index contributed by atoms with van der Waals surface area (Å²) >= 11 is 0. The number of amides is 2. The summed E-state index contributed by atoms with van der Waals surface area (Å²) in [6.45, 7) is 0.816. The topological polar surface area (TPSA) is 87.7 Å². The van der Waals surface area contributed by atoms with Crippen molar-refractivity contribution in [3.63, 3.8) is 0 Å². The number of nitrogens with one attached hydrogen (secondary N) is 2. The summed E-state index contributed by atoms with van der Waals surface area (Å²) < 4.78 is 6.07. The van der Waals surface area contributed by atoms with Crippen LogP contribution >= 0.6 is 0 Å². The van der Waals surface area contributed by atoms with E-state index in [1.807, 2.05) is 48.5 Å². The van der Waals surface area contributed by atoms with Crippen LogP contribution in [-0.4, -0.2) is 30.2 Å². The fraction of sp³-hybridized carbons (Fsp3) is 0.407. The van der Waals surface area contributed by atoms with Crippen LogP contribution < -0.4 is 15.5 Å². The van der Waals surface area contributed by atoms with Gasteiger partial charge in [-0.3, -0.25) is 14.8 Å². The lowest BCUT2D eigenvalue weighted by Crippen LogP contribution is -2.29. The first-order valence-corrected chi connectivity index (χ1v) is 11.8. The Hall–Kier alpha value is -3.12. The van der Waals surface area contributed by atoms with E-state index >= 15 is 0 Å². The van der Waals surface area contributed by atoms with Gasteiger partial charge in [-0.2, -0.15) is 0 Å². The monoisotopic (exact) mass is 450 g/mol. The lowest BCUT2D eigenvalue weighted by molar-refractivity contribution is -0.129. The largest absolute Gasteiger partial charge is 0.488 e. The van der Waals surface area contributed by atoms with Crippen molar-refractivity contribution in [2.45, 2.75) is 51.4 Å². The molecule has 0 saturated carbocycles. The number of unbranched alkanes of at least 4 members (excludes halogenated alkanes) is 2. The summed E-state index contributed by atoms with van der Waals surface area (Å²) in [6.07, 6.45) is 13.2. The SMILES string of the molecule is O=C(CCCC/C=C(\COc1cccc2ccccc12)C(=O)NCCC1C=CCCC1)NO. The van der Waals surface area contributed by atoms with Crippen LogP contribution in [0.4, 0.5) is 0 Å². The number of fused-ring (bicyclic) bond motifs is 1. The van der Waals surface area contributed by atoms with E-state index in [4.69, 9.17) is 9.94 Å². The van der Waals surface area contributed by atoms with Crippen LogP contribution in [0.3, 0.4) is 0 Å². The van der Waals surface area contributed by atoms with Crippen molar-refractivity contribution in [2.75, 3.05) is 13.2 Å². The standard InChI is InChI=1S/C27H34N2O4/c30-26(29-32)17-6-2-5-13-23(27(31)28-19-18-21-10-3-1-4-11-21)20-33-25-16-9-14-22-12-7-8-15-24(22)25/h3,7-10,12-16,21,32H,1-2,4-6,11,17-20H2,(H,28,31)(H,29,30)/b23-13+. The number of carbonyl (C=O) groups is 2. The first kappa shape index (κ1) is 24.5. The molecule has 3 N–H and O–H groups in total. The molecule has 33 heavy (non-hydrogen) atoms. The third kappa shape index (κ3) is 8.06. The molecule has 1 atom stereocenters. The summed E-state index contributed by atoms with van der Waals surface area (Å²) in [6, 6.07) is 13.9. The molecule has 0 fully saturated rings. The summed E-state index contributed by atoms with van der Waals surface area (Å²) in [5, 5.41) is 13.8. The van der Waals surface area contributed by atoms with Gasteiger partial charge >= 0.3 is 0 Å². The summed E-state index contributed by atoms with van der Waals surface area (Å²) in [4.78, 5) is 24.1. The van der Waals surface area contributed by atoms with Crippen LogP contribution in [0, 0.1) is 5.92 Å². The molecule has 1 aliphatic carbocycles. The average Bonchev–Trinajstić information content (AvgIpc) is 2.86. The van der Waals surface area contributed by atoms with E-state index in [2.05, 4.69) is 17.5 Å². The number of hydrogen-bond donors (Lipinski definition) is 3.